The maximum Gasteiger partial charge on any atom is 0.230 e. The van der Waals surface area contributed by atoms with Crippen LogP contribution in [0.5, 0.6) is 0 Å². The van der Waals surface area contributed by atoms with E-state index in [9.17, 15) is 4.79 Å². The second-order valence-corrected chi connectivity index (χ2v) is 5.93. The van der Waals surface area contributed by atoms with E-state index in [1.165, 1.54) is 0 Å². The van der Waals surface area contributed by atoms with Crippen molar-refractivity contribution in [3.63, 3.8) is 0 Å². The van der Waals surface area contributed by atoms with E-state index in [1.807, 2.05) is 4.90 Å². The van der Waals surface area contributed by atoms with Crippen molar-refractivity contribution in [1.29, 1.82) is 0 Å². The molecule has 2 rings (SSSR count). The average Bonchev–Trinajstić information content (AvgIpc) is 2.68. The van der Waals surface area contributed by atoms with Crippen LogP contribution in [0.2, 0.25) is 0 Å². The SMILES string of the molecule is CC1CCC(CN)(C(=O)N2CCCOCC2)CC1. The summed E-state index contributed by atoms with van der Waals surface area (Å²) in [5.41, 5.74) is 5.67. The predicted molar refractivity (Wildman–Crippen MR) is 71.1 cm³/mol. The van der Waals surface area contributed by atoms with Gasteiger partial charge in [0.2, 0.25) is 5.91 Å². The molecule has 1 saturated carbocycles. The number of hydrogen-bond donors (Lipinski definition) is 1. The molecule has 1 aliphatic heterocycles. The minimum Gasteiger partial charge on any atom is -0.380 e. The zero-order valence-electron chi connectivity index (χ0n) is 11.5. The van der Waals surface area contributed by atoms with Gasteiger partial charge in [-0.15, -0.1) is 0 Å². The van der Waals surface area contributed by atoms with Crippen LogP contribution >= 0.6 is 0 Å². The quantitative estimate of drug-likeness (QED) is 0.810. The van der Waals surface area contributed by atoms with Gasteiger partial charge in [-0.05, 0) is 38.0 Å². The second kappa shape index (κ2) is 6.02. The van der Waals surface area contributed by atoms with Gasteiger partial charge in [0.1, 0.15) is 0 Å². The second-order valence-electron chi connectivity index (χ2n) is 5.93. The molecule has 0 atom stereocenters. The number of nitrogens with zero attached hydrogens (tertiary/aromatic N) is 1. The Morgan fingerprint density at radius 2 is 2.06 bits per heavy atom. The molecule has 4 heteroatoms. The topological polar surface area (TPSA) is 55.6 Å². The number of hydrogen-bond acceptors (Lipinski definition) is 3. The van der Waals surface area contributed by atoms with Crippen molar-refractivity contribution in [2.45, 2.75) is 39.0 Å². The first-order valence-corrected chi connectivity index (χ1v) is 7.25. The maximum atomic E-state index is 12.8. The van der Waals surface area contributed by atoms with E-state index in [4.69, 9.17) is 10.5 Å². The Morgan fingerprint density at radius 1 is 1.33 bits per heavy atom. The molecule has 0 bridgehead atoms. The molecule has 1 aliphatic carbocycles. The molecule has 0 spiro atoms. The van der Waals surface area contributed by atoms with Crippen molar-refractivity contribution in [3.05, 3.63) is 0 Å². The number of carbonyl (C=O) groups excluding carboxylic acids is 1. The molecule has 0 unspecified atom stereocenters. The van der Waals surface area contributed by atoms with Crippen LogP contribution in [0.4, 0.5) is 0 Å². The first-order valence-electron chi connectivity index (χ1n) is 7.25. The largest absolute Gasteiger partial charge is 0.380 e. The Bertz CT molecular complexity index is 278. The van der Waals surface area contributed by atoms with E-state index in [0.29, 0.717) is 13.2 Å². The fourth-order valence-electron chi connectivity index (χ4n) is 3.10. The molecule has 2 N–H and O–H groups in total. The van der Waals surface area contributed by atoms with E-state index in [2.05, 4.69) is 6.92 Å². The number of nitrogens with two attached hydrogens (primary N) is 1. The molecule has 1 saturated heterocycles. The average molecular weight is 254 g/mol. The summed E-state index contributed by atoms with van der Waals surface area (Å²) >= 11 is 0. The van der Waals surface area contributed by atoms with Gasteiger partial charge in [0.05, 0.1) is 12.0 Å². The van der Waals surface area contributed by atoms with E-state index in [1.54, 1.807) is 0 Å². The highest BCUT2D eigenvalue weighted by atomic mass is 16.5. The van der Waals surface area contributed by atoms with Gasteiger partial charge < -0.3 is 15.4 Å². The predicted octanol–water partition coefficient (Wildman–Crippen LogP) is 1.39. The van der Waals surface area contributed by atoms with E-state index < -0.39 is 0 Å². The Hall–Kier alpha value is -0.610. The first-order chi connectivity index (χ1) is 8.68. The van der Waals surface area contributed by atoms with Crippen LogP contribution < -0.4 is 5.73 Å². The van der Waals surface area contributed by atoms with Gasteiger partial charge in [-0.3, -0.25) is 4.79 Å². The lowest BCUT2D eigenvalue weighted by Crippen LogP contribution is -2.50. The minimum absolute atomic E-state index is 0.280. The summed E-state index contributed by atoms with van der Waals surface area (Å²) < 4.78 is 5.42. The van der Waals surface area contributed by atoms with Crippen LogP contribution in [0, 0.1) is 11.3 Å². The van der Waals surface area contributed by atoms with Crippen LogP contribution in [0.3, 0.4) is 0 Å². The normalized spacial score (nSPS) is 34.1. The smallest absolute Gasteiger partial charge is 0.230 e. The molecule has 104 valence electrons. The zero-order valence-corrected chi connectivity index (χ0v) is 11.5. The third-order valence-corrected chi connectivity index (χ3v) is 4.59. The van der Waals surface area contributed by atoms with E-state index in [-0.39, 0.29) is 11.3 Å². The zero-order chi connectivity index (χ0) is 13.0. The Labute approximate surface area is 110 Å². The lowest BCUT2D eigenvalue weighted by atomic mass is 9.70. The lowest BCUT2D eigenvalue weighted by molar-refractivity contribution is -0.144. The third-order valence-electron chi connectivity index (χ3n) is 4.59. The molecule has 0 aromatic rings. The summed E-state index contributed by atoms with van der Waals surface area (Å²) in [6, 6.07) is 0. The van der Waals surface area contributed by atoms with E-state index >= 15 is 0 Å². The Balaban J connectivity index is 2.04. The van der Waals surface area contributed by atoms with Crippen LogP contribution in [0.1, 0.15) is 39.0 Å². The van der Waals surface area contributed by atoms with Crippen molar-refractivity contribution >= 4 is 5.91 Å². The third kappa shape index (κ3) is 2.86. The summed E-state index contributed by atoms with van der Waals surface area (Å²) in [7, 11) is 0. The molecule has 1 amide bonds. The summed E-state index contributed by atoms with van der Waals surface area (Å²) in [5, 5.41) is 0. The lowest BCUT2D eigenvalue weighted by Gasteiger charge is -2.40. The summed E-state index contributed by atoms with van der Waals surface area (Å²) in [6.07, 6.45) is 5.13. The minimum atomic E-state index is -0.281. The molecule has 0 aromatic carbocycles. The molecular formula is C14H26N2O2. The van der Waals surface area contributed by atoms with Crippen molar-refractivity contribution in [2.75, 3.05) is 32.8 Å². The highest BCUT2D eigenvalue weighted by Crippen LogP contribution is 2.39. The Morgan fingerprint density at radius 3 is 2.72 bits per heavy atom. The Kier molecular flexibility index (Phi) is 4.62. The van der Waals surface area contributed by atoms with Crippen LogP contribution in [0.25, 0.3) is 0 Å². The molecular weight excluding hydrogens is 228 g/mol. The first kappa shape index (κ1) is 13.8. The summed E-state index contributed by atoms with van der Waals surface area (Å²) in [5.74, 6) is 1.02. The molecule has 2 fully saturated rings. The molecule has 0 aromatic heterocycles. The monoisotopic (exact) mass is 254 g/mol. The standard InChI is InChI=1S/C14H26N2O2/c1-12-3-5-14(11-15,6-4-12)13(17)16-7-2-9-18-10-8-16/h12H,2-11,15H2,1H3. The summed E-state index contributed by atoms with van der Waals surface area (Å²) in [4.78, 5) is 14.7. The van der Waals surface area contributed by atoms with Gasteiger partial charge in [-0.1, -0.05) is 6.92 Å². The maximum absolute atomic E-state index is 12.8. The number of carbonyl (C=O) groups is 1. The fraction of sp³-hybridized carbons (Fsp3) is 0.929. The van der Waals surface area contributed by atoms with Gasteiger partial charge in [-0.2, -0.15) is 0 Å². The van der Waals surface area contributed by atoms with Gasteiger partial charge in [0, 0.05) is 26.2 Å². The molecule has 4 nitrogen and oxygen atoms in total. The molecule has 0 radical (unpaired) electrons. The van der Waals surface area contributed by atoms with E-state index in [0.717, 1.165) is 57.7 Å². The fourth-order valence-corrected chi connectivity index (χ4v) is 3.10. The van der Waals surface area contributed by atoms with Gasteiger partial charge in [0.15, 0.2) is 0 Å². The van der Waals surface area contributed by atoms with Crippen LogP contribution in [-0.4, -0.2) is 43.7 Å². The van der Waals surface area contributed by atoms with Crippen LogP contribution in [-0.2, 0) is 9.53 Å². The molecule has 2 aliphatic rings. The van der Waals surface area contributed by atoms with Crippen molar-refractivity contribution in [1.82, 2.24) is 4.90 Å². The molecule has 18 heavy (non-hydrogen) atoms. The van der Waals surface area contributed by atoms with Crippen molar-refractivity contribution in [2.24, 2.45) is 17.1 Å². The van der Waals surface area contributed by atoms with Crippen LogP contribution in [0.15, 0.2) is 0 Å². The molecule has 1 heterocycles. The van der Waals surface area contributed by atoms with Gasteiger partial charge in [0.25, 0.3) is 0 Å². The highest BCUT2D eigenvalue weighted by molar-refractivity contribution is 5.83. The van der Waals surface area contributed by atoms with Crippen molar-refractivity contribution in [3.8, 4) is 0 Å². The number of ether oxygens (including phenoxy) is 1. The van der Waals surface area contributed by atoms with Gasteiger partial charge >= 0.3 is 0 Å². The van der Waals surface area contributed by atoms with Gasteiger partial charge in [-0.25, -0.2) is 0 Å². The van der Waals surface area contributed by atoms with Crippen molar-refractivity contribution < 1.29 is 9.53 Å². The summed E-state index contributed by atoms with van der Waals surface area (Å²) in [6.45, 7) is 5.77. The highest BCUT2D eigenvalue weighted by Gasteiger charge is 2.42. The number of rotatable bonds is 2. The number of amides is 1.